The number of benzene rings is 1. The van der Waals surface area contributed by atoms with Crippen molar-refractivity contribution in [1.29, 1.82) is 5.26 Å². The lowest BCUT2D eigenvalue weighted by atomic mass is 10.0. The molecular weight excluding hydrogens is 262 g/mol. The second-order valence-corrected chi connectivity index (χ2v) is 5.64. The molecule has 0 bridgehead atoms. The molecule has 4 heteroatoms. The Kier molecular flexibility index (Phi) is 6.04. The van der Waals surface area contributed by atoms with Crippen LogP contribution in [0.25, 0.3) is 0 Å². The number of nitrogens with one attached hydrogen (secondary N) is 1. The van der Waals surface area contributed by atoms with Gasteiger partial charge < -0.3 is 15.0 Å². The third kappa shape index (κ3) is 4.45. The molecule has 1 saturated heterocycles. The van der Waals surface area contributed by atoms with Gasteiger partial charge in [-0.3, -0.25) is 0 Å². The zero-order chi connectivity index (χ0) is 15.1. The van der Waals surface area contributed by atoms with E-state index in [1.807, 2.05) is 18.2 Å². The lowest BCUT2D eigenvalue weighted by Gasteiger charge is -2.32. The number of likely N-dealkylation sites (tertiary alicyclic amines) is 1. The lowest BCUT2D eigenvalue weighted by Crippen LogP contribution is -2.42. The summed E-state index contributed by atoms with van der Waals surface area (Å²) in [4.78, 5) is 2.54. The minimum Gasteiger partial charge on any atom is -0.495 e. The van der Waals surface area contributed by atoms with Crippen molar-refractivity contribution in [3.05, 3.63) is 29.3 Å². The van der Waals surface area contributed by atoms with Gasteiger partial charge in [-0.2, -0.15) is 5.26 Å². The number of methoxy groups -OCH3 is 1. The molecule has 1 aliphatic rings. The average molecular weight is 287 g/mol. The summed E-state index contributed by atoms with van der Waals surface area (Å²) in [5, 5.41) is 12.6. The Labute approximate surface area is 127 Å². The topological polar surface area (TPSA) is 48.3 Å². The summed E-state index contributed by atoms with van der Waals surface area (Å²) in [5.74, 6) is 0.662. The second-order valence-electron chi connectivity index (χ2n) is 5.64. The third-order valence-corrected chi connectivity index (χ3v) is 4.11. The molecule has 0 saturated carbocycles. The Morgan fingerprint density at radius 1 is 1.38 bits per heavy atom. The van der Waals surface area contributed by atoms with Crippen molar-refractivity contribution in [2.75, 3.05) is 26.7 Å². The highest BCUT2D eigenvalue weighted by Crippen LogP contribution is 2.19. The summed E-state index contributed by atoms with van der Waals surface area (Å²) in [6, 6.07) is 8.53. The van der Waals surface area contributed by atoms with Crippen LogP contribution in [0.2, 0.25) is 0 Å². The van der Waals surface area contributed by atoms with E-state index in [0.717, 1.165) is 6.54 Å². The molecule has 1 aromatic carbocycles. The van der Waals surface area contributed by atoms with E-state index in [0.29, 0.717) is 17.4 Å². The van der Waals surface area contributed by atoms with E-state index < -0.39 is 0 Å². The first-order chi connectivity index (χ1) is 10.3. The number of ether oxygens (including phenoxy) is 1. The first-order valence-corrected chi connectivity index (χ1v) is 7.79. The van der Waals surface area contributed by atoms with Crippen LogP contribution in [0.5, 0.6) is 5.75 Å². The van der Waals surface area contributed by atoms with Gasteiger partial charge in [-0.05, 0) is 56.6 Å². The quantitative estimate of drug-likeness (QED) is 0.873. The number of hydrogen-bond donors (Lipinski definition) is 1. The maximum Gasteiger partial charge on any atom is 0.136 e. The van der Waals surface area contributed by atoms with Crippen molar-refractivity contribution >= 4 is 0 Å². The fourth-order valence-electron chi connectivity index (χ4n) is 2.88. The van der Waals surface area contributed by atoms with Gasteiger partial charge in [0.05, 0.1) is 12.7 Å². The Morgan fingerprint density at radius 3 is 2.76 bits per heavy atom. The van der Waals surface area contributed by atoms with Crippen LogP contribution in [0.3, 0.4) is 0 Å². The molecule has 1 N–H and O–H groups in total. The van der Waals surface area contributed by atoms with Gasteiger partial charge >= 0.3 is 0 Å². The van der Waals surface area contributed by atoms with Gasteiger partial charge in [0.25, 0.3) is 0 Å². The van der Waals surface area contributed by atoms with Crippen LogP contribution in [-0.2, 0) is 6.54 Å². The molecule has 0 atom stereocenters. The van der Waals surface area contributed by atoms with E-state index >= 15 is 0 Å². The second kappa shape index (κ2) is 8.02. The third-order valence-electron chi connectivity index (χ3n) is 4.11. The zero-order valence-corrected chi connectivity index (χ0v) is 13.1. The molecule has 0 aliphatic carbocycles. The van der Waals surface area contributed by atoms with Crippen LogP contribution in [0.15, 0.2) is 18.2 Å². The number of nitriles is 1. The fourth-order valence-corrected chi connectivity index (χ4v) is 2.88. The van der Waals surface area contributed by atoms with Gasteiger partial charge in [-0.15, -0.1) is 0 Å². The average Bonchev–Trinajstić information content (AvgIpc) is 2.54. The molecular formula is C17H25N3O. The summed E-state index contributed by atoms with van der Waals surface area (Å²) in [6.07, 6.45) is 3.67. The number of piperidine rings is 1. The van der Waals surface area contributed by atoms with E-state index in [1.54, 1.807) is 7.11 Å². The summed E-state index contributed by atoms with van der Waals surface area (Å²) in [6.45, 7) is 6.69. The van der Waals surface area contributed by atoms with Crippen LogP contribution in [-0.4, -0.2) is 37.7 Å². The van der Waals surface area contributed by atoms with Crippen LogP contribution < -0.4 is 10.1 Å². The van der Waals surface area contributed by atoms with Gasteiger partial charge in [0.15, 0.2) is 0 Å². The normalized spacial score (nSPS) is 16.6. The van der Waals surface area contributed by atoms with Crippen LogP contribution in [0.4, 0.5) is 0 Å². The molecule has 1 aromatic rings. The predicted octanol–water partition coefficient (Wildman–Crippen LogP) is 2.53. The van der Waals surface area contributed by atoms with Gasteiger partial charge in [0, 0.05) is 12.6 Å². The standard InChI is InChI=1S/C17H25N3O/c1-3-8-20-9-6-16(7-10-20)19-13-14-4-5-15(12-18)17(11-14)21-2/h4-5,11,16,19H,3,6-10,13H2,1-2H3. The molecule has 0 aromatic heterocycles. The highest BCUT2D eigenvalue weighted by atomic mass is 16.5. The monoisotopic (exact) mass is 287 g/mol. The first-order valence-electron chi connectivity index (χ1n) is 7.79. The van der Waals surface area contributed by atoms with E-state index in [9.17, 15) is 0 Å². The molecule has 1 fully saturated rings. The van der Waals surface area contributed by atoms with Crippen molar-refractivity contribution in [3.8, 4) is 11.8 Å². The Morgan fingerprint density at radius 2 is 2.14 bits per heavy atom. The highest BCUT2D eigenvalue weighted by molar-refractivity contribution is 5.45. The fraction of sp³-hybridized carbons (Fsp3) is 0.588. The van der Waals surface area contributed by atoms with E-state index in [2.05, 4.69) is 23.2 Å². The van der Waals surface area contributed by atoms with Gasteiger partial charge in [0.2, 0.25) is 0 Å². The molecule has 0 unspecified atom stereocenters. The van der Waals surface area contributed by atoms with Crippen molar-refractivity contribution in [2.45, 2.75) is 38.8 Å². The van der Waals surface area contributed by atoms with Crippen molar-refractivity contribution in [3.63, 3.8) is 0 Å². The molecule has 1 aliphatic heterocycles. The Bertz CT molecular complexity index is 487. The van der Waals surface area contributed by atoms with Crippen molar-refractivity contribution in [2.24, 2.45) is 0 Å². The molecule has 1 heterocycles. The molecule has 114 valence electrons. The lowest BCUT2D eigenvalue weighted by molar-refractivity contribution is 0.197. The Balaban J connectivity index is 1.83. The maximum atomic E-state index is 8.99. The molecule has 2 rings (SSSR count). The molecule has 0 spiro atoms. The zero-order valence-electron chi connectivity index (χ0n) is 13.1. The van der Waals surface area contributed by atoms with Gasteiger partial charge in [0.1, 0.15) is 11.8 Å². The number of rotatable bonds is 6. The summed E-state index contributed by atoms with van der Waals surface area (Å²) in [5.41, 5.74) is 1.76. The number of hydrogen-bond acceptors (Lipinski definition) is 4. The van der Waals surface area contributed by atoms with Gasteiger partial charge in [-0.1, -0.05) is 13.0 Å². The van der Waals surface area contributed by atoms with Crippen LogP contribution >= 0.6 is 0 Å². The molecule has 0 amide bonds. The van der Waals surface area contributed by atoms with Crippen molar-refractivity contribution in [1.82, 2.24) is 10.2 Å². The Hall–Kier alpha value is -1.57. The van der Waals surface area contributed by atoms with Crippen LogP contribution in [0.1, 0.15) is 37.3 Å². The summed E-state index contributed by atoms with van der Waals surface area (Å²) >= 11 is 0. The van der Waals surface area contributed by atoms with E-state index in [1.165, 1.54) is 44.5 Å². The predicted molar refractivity (Wildman–Crippen MR) is 84.3 cm³/mol. The minimum absolute atomic E-state index is 0.592. The van der Waals surface area contributed by atoms with E-state index in [-0.39, 0.29) is 0 Å². The summed E-state index contributed by atoms with van der Waals surface area (Å²) in [7, 11) is 1.61. The molecule has 0 radical (unpaired) electrons. The smallest absolute Gasteiger partial charge is 0.136 e. The van der Waals surface area contributed by atoms with Crippen LogP contribution in [0, 0.1) is 11.3 Å². The van der Waals surface area contributed by atoms with Gasteiger partial charge in [-0.25, -0.2) is 0 Å². The molecule has 21 heavy (non-hydrogen) atoms. The van der Waals surface area contributed by atoms with E-state index in [4.69, 9.17) is 10.00 Å². The minimum atomic E-state index is 0.592. The van der Waals surface area contributed by atoms with Crippen molar-refractivity contribution < 1.29 is 4.74 Å². The number of nitrogens with zero attached hydrogens (tertiary/aromatic N) is 2. The molecule has 4 nitrogen and oxygen atoms in total. The highest BCUT2D eigenvalue weighted by Gasteiger charge is 2.17. The summed E-state index contributed by atoms with van der Waals surface area (Å²) < 4.78 is 5.25. The SMILES string of the molecule is CCCN1CCC(NCc2ccc(C#N)c(OC)c2)CC1. The largest absolute Gasteiger partial charge is 0.495 e. The maximum absolute atomic E-state index is 8.99. The first kappa shape index (κ1) is 15.8.